The van der Waals surface area contributed by atoms with Gasteiger partial charge < -0.3 is 5.32 Å². The Morgan fingerprint density at radius 2 is 2.00 bits per heavy atom. The summed E-state index contributed by atoms with van der Waals surface area (Å²) in [7, 11) is -3.79. The fourth-order valence-corrected chi connectivity index (χ4v) is 5.63. The fourth-order valence-electron chi connectivity index (χ4n) is 3.12. The van der Waals surface area contributed by atoms with Crippen LogP contribution in [0.1, 0.15) is 19.3 Å². The zero-order valence-corrected chi connectivity index (χ0v) is 13.3. The SMILES string of the molecule is O=S(=O)(c1cc(Br)ccc1F)N1C2CCNCC1CC2. The third kappa shape index (κ3) is 2.41. The molecule has 2 fully saturated rings. The van der Waals surface area contributed by atoms with E-state index in [0.29, 0.717) is 11.0 Å². The van der Waals surface area contributed by atoms with Gasteiger partial charge in [-0.2, -0.15) is 4.31 Å². The lowest BCUT2D eigenvalue weighted by atomic mass is 10.1. The Balaban J connectivity index is 2.05. The van der Waals surface area contributed by atoms with Crippen molar-refractivity contribution in [2.45, 2.75) is 36.2 Å². The molecule has 2 aliphatic heterocycles. The molecule has 3 rings (SSSR count). The average Bonchev–Trinajstić information content (AvgIpc) is 2.66. The summed E-state index contributed by atoms with van der Waals surface area (Å²) in [5.41, 5.74) is 0. The molecule has 110 valence electrons. The summed E-state index contributed by atoms with van der Waals surface area (Å²) in [5, 5.41) is 3.25. The number of halogens is 2. The Labute approximate surface area is 126 Å². The first-order chi connectivity index (χ1) is 9.50. The summed E-state index contributed by atoms with van der Waals surface area (Å²) in [6.45, 7) is 1.46. The monoisotopic (exact) mass is 362 g/mol. The highest BCUT2D eigenvalue weighted by Gasteiger charge is 2.43. The molecule has 0 amide bonds. The van der Waals surface area contributed by atoms with E-state index in [9.17, 15) is 12.8 Å². The second-order valence-electron chi connectivity index (χ2n) is 5.29. The minimum Gasteiger partial charge on any atom is -0.315 e. The van der Waals surface area contributed by atoms with Gasteiger partial charge in [-0.3, -0.25) is 0 Å². The van der Waals surface area contributed by atoms with Gasteiger partial charge in [0.2, 0.25) is 10.0 Å². The van der Waals surface area contributed by atoms with Crippen molar-refractivity contribution in [3.05, 3.63) is 28.5 Å². The van der Waals surface area contributed by atoms with Crippen LogP contribution in [0.4, 0.5) is 4.39 Å². The normalized spacial score (nSPS) is 27.5. The van der Waals surface area contributed by atoms with Gasteiger partial charge in [0.05, 0.1) is 0 Å². The van der Waals surface area contributed by atoms with E-state index in [4.69, 9.17) is 0 Å². The van der Waals surface area contributed by atoms with Crippen molar-refractivity contribution < 1.29 is 12.8 Å². The Hall–Kier alpha value is -0.500. The molecule has 0 spiro atoms. The number of nitrogens with zero attached hydrogens (tertiary/aromatic N) is 1. The molecule has 2 unspecified atom stereocenters. The number of hydrogen-bond acceptors (Lipinski definition) is 3. The molecule has 2 aliphatic rings. The Bertz CT molecular complexity index is 609. The summed E-state index contributed by atoms with van der Waals surface area (Å²) in [4.78, 5) is -0.231. The second-order valence-corrected chi connectivity index (χ2v) is 8.01. The Morgan fingerprint density at radius 3 is 2.80 bits per heavy atom. The van der Waals surface area contributed by atoms with Crippen LogP contribution in [0.5, 0.6) is 0 Å². The van der Waals surface area contributed by atoms with Crippen LogP contribution in [0.15, 0.2) is 27.6 Å². The molecule has 4 nitrogen and oxygen atoms in total. The van der Waals surface area contributed by atoms with Crippen molar-refractivity contribution >= 4 is 26.0 Å². The van der Waals surface area contributed by atoms with Crippen molar-refractivity contribution in [2.75, 3.05) is 13.1 Å². The van der Waals surface area contributed by atoms with Crippen LogP contribution in [0.2, 0.25) is 0 Å². The summed E-state index contributed by atoms with van der Waals surface area (Å²) in [5.74, 6) is -0.690. The predicted molar refractivity (Wildman–Crippen MR) is 77.4 cm³/mol. The highest BCUT2D eigenvalue weighted by molar-refractivity contribution is 9.10. The molecule has 2 saturated heterocycles. The van der Waals surface area contributed by atoms with Crippen molar-refractivity contribution in [3.63, 3.8) is 0 Å². The first kappa shape index (κ1) is 14.4. The zero-order chi connectivity index (χ0) is 14.3. The largest absolute Gasteiger partial charge is 0.315 e. The molecule has 0 aromatic heterocycles. The van der Waals surface area contributed by atoms with Crippen LogP contribution in [0.3, 0.4) is 0 Å². The molecular formula is C13H16BrFN2O2S. The quantitative estimate of drug-likeness (QED) is 0.876. The summed E-state index contributed by atoms with van der Waals surface area (Å²) in [6.07, 6.45) is 2.49. The smallest absolute Gasteiger partial charge is 0.246 e. The molecule has 7 heteroatoms. The van der Waals surface area contributed by atoms with Crippen molar-refractivity contribution in [1.29, 1.82) is 0 Å². The fraction of sp³-hybridized carbons (Fsp3) is 0.538. The van der Waals surface area contributed by atoms with Gasteiger partial charge in [-0.15, -0.1) is 0 Å². The van der Waals surface area contributed by atoms with Crippen molar-refractivity contribution in [2.24, 2.45) is 0 Å². The number of rotatable bonds is 2. The van der Waals surface area contributed by atoms with Crippen molar-refractivity contribution in [3.8, 4) is 0 Å². The molecule has 2 atom stereocenters. The number of benzene rings is 1. The van der Waals surface area contributed by atoms with Gasteiger partial charge in [-0.1, -0.05) is 15.9 Å². The maximum absolute atomic E-state index is 14.0. The summed E-state index contributed by atoms with van der Waals surface area (Å²) < 4.78 is 41.7. The molecule has 20 heavy (non-hydrogen) atoms. The third-order valence-corrected chi connectivity index (χ3v) is 6.55. The van der Waals surface area contributed by atoms with Gasteiger partial charge in [0, 0.05) is 23.1 Å². The maximum Gasteiger partial charge on any atom is 0.246 e. The lowest BCUT2D eigenvalue weighted by Crippen LogP contribution is -2.42. The van der Waals surface area contributed by atoms with E-state index in [0.717, 1.165) is 25.8 Å². The van der Waals surface area contributed by atoms with Gasteiger partial charge >= 0.3 is 0 Å². The van der Waals surface area contributed by atoms with Crippen LogP contribution in [-0.2, 0) is 10.0 Å². The zero-order valence-electron chi connectivity index (χ0n) is 10.9. The van der Waals surface area contributed by atoms with Gasteiger partial charge in [0.25, 0.3) is 0 Å². The Kier molecular flexibility index (Phi) is 3.87. The molecule has 1 aromatic rings. The van der Waals surface area contributed by atoms with Crippen LogP contribution >= 0.6 is 15.9 Å². The number of nitrogens with one attached hydrogen (secondary N) is 1. The van der Waals surface area contributed by atoms with Gasteiger partial charge in [0.15, 0.2) is 0 Å². The molecule has 2 bridgehead atoms. The highest BCUT2D eigenvalue weighted by Crippen LogP contribution is 2.35. The minimum absolute atomic E-state index is 0.0154. The van der Waals surface area contributed by atoms with E-state index in [1.165, 1.54) is 22.5 Å². The lowest BCUT2D eigenvalue weighted by molar-refractivity contribution is 0.333. The van der Waals surface area contributed by atoms with Gasteiger partial charge in [0.1, 0.15) is 10.7 Å². The van der Waals surface area contributed by atoms with E-state index in [-0.39, 0.29) is 17.0 Å². The molecular weight excluding hydrogens is 347 g/mol. The first-order valence-electron chi connectivity index (χ1n) is 6.69. The van der Waals surface area contributed by atoms with Gasteiger partial charge in [-0.25, -0.2) is 12.8 Å². The minimum atomic E-state index is -3.79. The molecule has 0 saturated carbocycles. The second kappa shape index (κ2) is 5.36. The van der Waals surface area contributed by atoms with Crippen molar-refractivity contribution in [1.82, 2.24) is 9.62 Å². The number of sulfonamides is 1. The third-order valence-electron chi connectivity index (χ3n) is 4.04. The standard InChI is InChI=1S/C13H16BrFN2O2S/c14-9-1-4-12(15)13(7-9)20(18,19)17-10-2-3-11(17)8-16-6-5-10/h1,4,7,10-11,16H,2-3,5-6,8H2. The molecule has 0 radical (unpaired) electrons. The lowest BCUT2D eigenvalue weighted by Gasteiger charge is -2.27. The number of fused-ring (bicyclic) bond motifs is 2. The van der Waals surface area contributed by atoms with Crippen LogP contribution in [0, 0.1) is 5.82 Å². The van der Waals surface area contributed by atoms with Gasteiger partial charge in [-0.05, 0) is 44.0 Å². The van der Waals surface area contributed by atoms with E-state index in [1.54, 1.807) is 0 Å². The molecule has 1 N–H and O–H groups in total. The van der Waals surface area contributed by atoms with E-state index >= 15 is 0 Å². The van der Waals surface area contributed by atoms with E-state index in [2.05, 4.69) is 21.2 Å². The molecule has 1 aromatic carbocycles. The number of hydrogen-bond donors (Lipinski definition) is 1. The molecule has 2 heterocycles. The summed E-state index contributed by atoms with van der Waals surface area (Å²) in [6, 6.07) is 3.97. The topological polar surface area (TPSA) is 49.4 Å². The van der Waals surface area contributed by atoms with E-state index in [1.807, 2.05) is 0 Å². The molecule has 0 aliphatic carbocycles. The Morgan fingerprint density at radius 1 is 1.25 bits per heavy atom. The summed E-state index contributed by atoms with van der Waals surface area (Å²) >= 11 is 3.21. The average molecular weight is 363 g/mol. The van der Waals surface area contributed by atoms with Crippen LogP contribution in [0.25, 0.3) is 0 Å². The van der Waals surface area contributed by atoms with Crippen LogP contribution in [-0.4, -0.2) is 37.9 Å². The van der Waals surface area contributed by atoms with Crippen LogP contribution < -0.4 is 5.32 Å². The predicted octanol–water partition coefficient (Wildman–Crippen LogP) is 2.10. The van der Waals surface area contributed by atoms with E-state index < -0.39 is 15.8 Å². The highest BCUT2D eigenvalue weighted by atomic mass is 79.9. The first-order valence-corrected chi connectivity index (χ1v) is 8.93. The maximum atomic E-state index is 14.0.